The van der Waals surface area contributed by atoms with E-state index in [-0.39, 0.29) is 0 Å². The number of thiol groups is 1. The number of fused-ring (bicyclic) bond motifs is 1. The maximum absolute atomic E-state index is 5.24. The predicted molar refractivity (Wildman–Crippen MR) is 180 cm³/mol. The third-order valence-corrected chi connectivity index (χ3v) is 15.8. The summed E-state index contributed by atoms with van der Waals surface area (Å²) in [6, 6.07) is 13.8. The molecule has 2 atom stereocenters. The minimum absolute atomic E-state index is 0.799. The van der Waals surface area contributed by atoms with Crippen LogP contribution in [-0.4, -0.2) is 8.07 Å². The molecular weight excluding hydrogens is 513 g/mol. The Labute approximate surface area is 245 Å². The summed E-state index contributed by atoms with van der Waals surface area (Å²) in [6.07, 6.45) is 23.7. The lowest BCUT2D eigenvalue weighted by Gasteiger charge is -2.35. The van der Waals surface area contributed by atoms with Gasteiger partial charge in [0.25, 0.3) is 0 Å². The van der Waals surface area contributed by atoms with Gasteiger partial charge in [0.1, 0.15) is 0 Å². The first kappa shape index (κ1) is 31.5. The van der Waals surface area contributed by atoms with E-state index in [2.05, 4.69) is 77.1 Å². The highest BCUT2D eigenvalue weighted by molar-refractivity contribution is 7.91. The Bertz CT molecular complexity index is 1030. The molecule has 0 radical (unpaired) electrons. The fraction of sp³-hybridized carbons (Fsp3) is 0.600. The summed E-state index contributed by atoms with van der Waals surface area (Å²) in [7, 11) is -2.15. The van der Waals surface area contributed by atoms with E-state index in [4.69, 9.17) is 12.6 Å². The lowest BCUT2D eigenvalue weighted by Crippen LogP contribution is -2.59. The standard InChI is InChI=1S/C35H54S2Si/c1-6-10-12-14-15-17-21-30(20-16-13-11-7-2)27-38(31-24-22-29(18-8-3)23-25-31)32(19-9-4)34(36)35-33(38)26-28(5)37-35/h9,19,22-26,30,36H,6-8,10-18,20-21,27H2,1-5H3. The van der Waals surface area contributed by atoms with Crippen LogP contribution in [0.15, 0.2) is 47.7 Å². The van der Waals surface area contributed by atoms with E-state index in [9.17, 15) is 0 Å². The van der Waals surface area contributed by atoms with Crippen LogP contribution in [0.4, 0.5) is 0 Å². The number of aryl methyl sites for hydroxylation is 2. The zero-order valence-corrected chi connectivity index (χ0v) is 27.8. The number of unbranched alkanes of at least 4 members (excludes halogenated alkanes) is 8. The van der Waals surface area contributed by atoms with Crippen molar-refractivity contribution in [2.75, 3.05) is 0 Å². The van der Waals surface area contributed by atoms with Crippen LogP contribution in [0.3, 0.4) is 0 Å². The third-order valence-electron chi connectivity index (χ3n) is 8.59. The molecule has 0 bridgehead atoms. The van der Waals surface area contributed by atoms with Crippen molar-refractivity contribution in [1.29, 1.82) is 0 Å². The fourth-order valence-electron chi connectivity index (χ4n) is 6.61. The molecule has 0 nitrogen and oxygen atoms in total. The highest BCUT2D eigenvalue weighted by atomic mass is 32.1. The maximum Gasteiger partial charge on any atom is 0.152 e. The molecule has 38 heavy (non-hydrogen) atoms. The minimum Gasteiger partial charge on any atom is -0.142 e. The largest absolute Gasteiger partial charge is 0.152 e. The van der Waals surface area contributed by atoms with Gasteiger partial charge < -0.3 is 0 Å². The quantitative estimate of drug-likeness (QED) is 0.104. The van der Waals surface area contributed by atoms with Gasteiger partial charge in [-0.1, -0.05) is 141 Å². The Morgan fingerprint density at radius 2 is 1.45 bits per heavy atom. The lowest BCUT2D eigenvalue weighted by molar-refractivity contribution is 0.431. The van der Waals surface area contributed by atoms with Gasteiger partial charge in [-0.25, -0.2) is 0 Å². The molecule has 0 aliphatic carbocycles. The molecule has 210 valence electrons. The molecule has 0 spiro atoms. The van der Waals surface area contributed by atoms with E-state index in [0.29, 0.717) is 0 Å². The number of hydrogen-bond acceptors (Lipinski definition) is 2. The summed E-state index contributed by atoms with van der Waals surface area (Å²) in [5, 5.41) is 4.83. The van der Waals surface area contributed by atoms with Gasteiger partial charge in [0.15, 0.2) is 8.07 Å². The number of rotatable bonds is 18. The maximum atomic E-state index is 5.24. The SMILES string of the molecule is CC=CC1=C(S)c2sc(C)cc2[Si]1(CC(CCCCCC)CCCCCCCC)c1ccc(CCC)cc1. The number of hydrogen-bond donors (Lipinski definition) is 1. The molecule has 1 aliphatic rings. The van der Waals surface area contributed by atoms with E-state index >= 15 is 0 Å². The molecule has 1 aliphatic heterocycles. The van der Waals surface area contributed by atoms with Gasteiger partial charge in [0.05, 0.1) is 0 Å². The molecule has 2 aromatic rings. The van der Waals surface area contributed by atoms with Crippen molar-refractivity contribution in [2.24, 2.45) is 5.92 Å². The van der Waals surface area contributed by atoms with E-state index in [1.807, 2.05) is 11.3 Å². The van der Waals surface area contributed by atoms with Crippen LogP contribution >= 0.6 is 24.0 Å². The second-order valence-electron chi connectivity index (χ2n) is 11.7. The summed E-state index contributed by atoms with van der Waals surface area (Å²) < 4.78 is 0. The molecule has 0 saturated carbocycles. The molecule has 3 heteroatoms. The summed E-state index contributed by atoms with van der Waals surface area (Å²) in [6.45, 7) is 11.4. The fourth-order valence-corrected chi connectivity index (χ4v) is 14.9. The van der Waals surface area contributed by atoms with Gasteiger partial charge in [-0.15, -0.1) is 24.0 Å². The van der Waals surface area contributed by atoms with Gasteiger partial charge in [-0.2, -0.15) is 0 Å². The van der Waals surface area contributed by atoms with Crippen LogP contribution in [-0.2, 0) is 6.42 Å². The predicted octanol–water partition coefficient (Wildman–Crippen LogP) is 10.7. The van der Waals surface area contributed by atoms with Crippen molar-refractivity contribution in [3.05, 3.63) is 63.0 Å². The molecular formula is C35H54S2Si. The van der Waals surface area contributed by atoms with Gasteiger partial charge in [-0.05, 0) is 59.4 Å². The van der Waals surface area contributed by atoms with Crippen molar-refractivity contribution in [3.63, 3.8) is 0 Å². The lowest BCUT2D eigenvalue weighted by atomic mass is 9.96. The second-order valence-corrected chi connectivity index (χ2v) is 17.3. The minimum atomic E-state index is -2.15. The molecule has 3 rings (SSSR count). The molecule has 1 aromatic carbocycles. The summed E-state index contributed by atoms with van der Waals surface area (Å²) in [4.78, 5) is 4.17. The average molecular weight is 567 g/mol. The van der Waals surface area contributed by atoms with E-state index in [1.165, 1.54) is 116 Å². The van der Waals surface area contributed by atoms with Crippen molar-refractivity contribution in [1.82, 2.24) is 0 Å². The van der Waals surface area contributed by atoms with E-state index < -0.39 is 8.07 Å². The van der Waals surface area contributed by atoms with Crippen LogP contribution in [0, 0.1) is 12.8 Å². The molecule has 0 fully saturated rings. The van der Waals surface area contributed by atoms with Crippen molar-refractivity contribution < 1.29 is 0 Å². The van der Waals surface area contributed by atoms with Crippen molar-refractivity contribution >= 4 is 47.3 Å². The monoisotopic (exact) mass is 566 g/mol. The Hall–Kier alpha value is -1.03. The second kappa shape index (κ2) is 16.3. The molecule has 0 amide bonds. The Balaban J connectivity index is 2.00. The van der Waals surface area contributed by atoms with Crippen LogP contribution in [0.25, 0.3) is 4.91 Å². The Morgan fingerprint density at radius 3 is 2.05 bits per heavy atom. The zero-order valence-electron chi connectivity index (χ0n) is 25.1. The Morgan fingerprint density at radius 1 is 0.842 bits per heavy atom. The normalized spacial score (nSPS) is 18.1. The summed E-state index contributed by atoms with van der Waals surface area (Å²) >= 11 is 7.21. The van der Waals surface area contributed by atoms with Crippen molar-refractivity contribution in [2.45, 2.75) is 131 Å². The highest BCUT2D eigenvalue weighted by Gasteiger charge is 2.49. The number of allylic oxidation sites excluding steroid dienone is 3. The molecule has 2 unspecified atom stereocenters. The molecule has 0 saturated heterocycles. The average Bonchev–Trinajstić information content (AvgIpc) is 3.40. The molecule has 1 aromatic heterocycles. The highest BCUT2D eigenvalue weighted by Crippen LogP contribution is 2.44. The first-order chi connectivity index (χ1) is 18.5. The van der Waals surface area contributed by atoms with Crippen LogP contribution < -0.4 is 10.4 Å². The van der Waals surface area contributed by atoms with Gasteiger partial charge in [0, 0.05) is 14.7 Å². The van der Waals surface area contributed by atoms with Gasteiger partial charge >= 0.3 is 0 Å². The zero-order chi connectivity index (χ0) is 27.4. The van der Waals surface area contributed by atoms with Crippen molar-refractivity contribution in [3.8, 4) is 0 Å². The van der Waals surface area contributed by atoms with Gasteiger partial charge in [-0.3, -0.25) is 0 Å². The smallest absolute Gasteiger partial charge is 0.142 e. The topological polar surface area (TPSA) is 0 Å². The Kier molecular flexibility index (Phi) is 13.5. The summed E-state index contributed by atoms with van der Waals surface area (Å²) in [5.41, 5.74) is 1.48. The van der Waals surface area contributed by atoms with E-state index in [0.717, 1.165) is 5.92 Å². The first-order valence-corrected chi connectivity index (χ1v) is 19.3. The van der Waals surface area contributed by atoms with Crippen LogP contribution in [0.5, 0.6) is 0 Å². The summed E-state index contributed by atoms with van der Waals surface area (Å²) in [5.74, 6) is 0.799. The number of benzene rings is 1. The third kappa shape index (κ3) is 7.79. The van der Waals surface area contributed by atoms with Gasteiger partial charge in [0.2, 0.25) is 0 Å². The number of thiophene rings is 1. The van der Waals surface area contributed by atoms with Crippen LogP contribution in [0.1, 0.15) is 126 Å². The molecule has 0 N–H and O–H groups in total. The van der Waals surface area contributed by atoms with Crippen LogP contribution in [0.2, 0.25) is 6.04 Å². The van der Waals surface area contributed by atoms with E-state index in [1.54, 1.807) is 15.6 Å². The molecule has 2 heterocycles. The first-order valence-electron chi connectivity index (χ1n) is 15.8.